The molecule has 0 atom stereocenters. The molecule has 0 radical (unpaired) electrons. The lowest BCUT2D eigenvalue weighted by molar-refractivity contribution is 0.0997. The molecule has 0 aliphatic heterocycles. The van der Waals surface area contributed by atoms with Gasteiger partial charge in [0.05, 0.1) is 16.3 Å². The third kappa shape index (κ3) is 4.98. The fourth-order valence-corrected chi connectivity index (χ4v) is 4.48. The Bertz CT molecular complexity index is 1560. The summed E-state index contributed by atoms with van der Waals surface area (Å²) in [7, 11) is -3.90. The standard InChI is InChI=1S/C25H23N5O4S/c1-15-7-8-18(24(26)31)14-21(15)30-22(13-16(2)29-30)25(32)28-19-11-9-17(10-12-19)20-5-3-4-6-23(20)35(27,33)34/h3-14H,1-2H3,(H2,26,31)(H,28,32)(H2,27,33,34). The Morgan fingerprint density at radius 1 is 0.943 bits per heavy atom. The van der Waals surface area contributed by atoms with Gasteiger partial charge in [0.1, 0.15) is 5.69 Å². The predicted octanol–water partition coefficient (Wildman–Crippen LogP) is 3.15. The number of anilines is 1. The molecule has 2 amide bonds. The minimum Gasteiger partial charge on any atom is -0.366 e. The Morgan fingerprint density at radius 2 is 1.63 bits per heavy atom. The fourth-order valence-electron chi connectivity index (χ4n) is 3.72. The number of nitrogens with zero attached hydrogens (tertiary/aromatic N) is 2. The SMILES string of the molecule is Cc1cc(C(=O)Nc2ccc(-c3ccccc3S(N)(=O)=O)cc2)n(-c2cc(C(N)=O)ccc2C)n1. The third-order valence-corrected chi connectivity index (χ3v) is 6.40. The van der Waals surface area contributed by atoms with E-state index >= 15 is 0 Å². The average Bonchev–Trinajstić information content (AvgIpc) is 3.20. The molecule has 1 aromatic heterocycles. The molecule has 0 bridgehead atoms. The summed E-state index contributed by atoms with van der Waals surface area (Å²) in [6.45, 7) is 3.61. The number of rotatable bonds is 6. The molecule has 0 saturated carbocycles. The number of aryl methyl sites for hydroxylation is 2. The van der Waals surface area contributed by atoms with Crippen LogP contribution < -0.4 is 16.2 Å². The summed E-state index contributed by atoms with van der Waals surface area (Å²) in [4.78, 5) is 24.8. The lowest BCUT2D eigenvalue weighted by Crippen LogP contribution is -2.18. The van der Waals surface area contributed by atoms with Gasteiger partial charge in [-0.3, -0.25) is 9.59 Å². The molecule has 4 aromatic rings. The Morgan fingerprint density at radius 3 is 2.29 bits per heavy atom. The maximum Gasteiger partial charge on any atom is 0.274 e. The highest BCUT2D eigenvalue weighted by Gasteiger charge is 2.19. The summed E-state index contributed by atoms with van der Waals surface area (Å²) in [6.07, 6.45) is 0. The molecule has 0 aliphatic rings. The Kier molecular flexibility index (Phi) is 6.25. The topological polar surface area (TPSA) is 150 Å². The summed E-state index contributed by atoms with van der Waals surface area (Å²) < 4.78 is 25.3. The van der Waals surface area contributed by atoms with Gasteiger partial charge >= 0.3 is 0 Å². The van der Waals surface area contributed by atoms with E-state index in [2.05, 4.69) is 10.4 Å². The lowest BCUT2D eigenvalue weighted by atomic mass is 10.1. The van der Waals surface area contributed by atoms with E-state index in [9.17, 15) is 18.0 Å². The summed E-state index contributed by atoms with van der Waals surface area (Å²) in [6, 6.07) is 19.8. The molecule has 10 heteroatoms. The van der Waals surface area contributed by atoms with E-state index in [4.69, 9.17) is 10.9 Å². The van der Waals surface area contributed by atoms with Crippen LogP contribution in [0.15, 0.2) is 77.7 Å². The number of primary sulfonamides is 1. The highest BCUT2D eigenvalue weighted by atomic mass is 32.2. The average molecular weight is 490 g/mol. The number of hydrogen-bond donors (Lipinski definition) is 3. The summed E-state index contributed by atoms with van der Waals surface area (Å²) >= 11 is 0. The smallest absolute Gasteiger partial charge is 0.274 e. The number of hydrogen-bond acceptors (Lipinski definition) is 5. The van der Waals surface area contributed by atoms with Crippen LogP contribution in [0.1, 0.15) is 32.1 Å². The number of carbonyl (C=O) groups excluding carboxylic acids is 2. The largest absolute Gasteiger partial charge is 0.366 e. The number of nitrogens with two attached hydrogens (primary N) is 2. The number of amides is 2. The van der Waals surface area contributed by atoms with Gasteiger partial charge in [-0.15, -0.1) is 0 Å². The summed E-state index contributed by atoms with van der Waals surface area (Å²) in [5.74, 6) is -0.989. The summed E-state index contributed by atoms with van der Waals surface area (Å²) in [5.41, 5.74) is 9.59. The third-order valence-electron chi connectivity index (χ3n) is 5.43. The van der Waals surface area contributed by atoms with Crippen molar-refractivity contribution in [1.82, 2.24) is 9.78 Å². The molecule has 3 aromatic carbocycles. The van der Waals surface area contributed by atoms with E-state index in [1.54, 1.807) is 73.7 Å². The number of aromatic nitrogens is 2. The second kappa shape index (κ2) is 9.16. The van der Waals surface area contributed by atoms with Crippen LogP contribution in [0.3, 0.4) is 0 Å². The van der Waals surface area contributed by atoms with E-state index in [1.165, 1.54) is 10.7 Å². The fraction of sp³-hybridized carbons (Fsp3) is 0.0800. The highest BCUT2D eigenvalue weighted by molar-refractivity contribution is 7.89. The van der Waals surface area contributed by atoms with Crippen molar-refractivity contribution in [3.63, 3.8) is 0 Å². The van der Waals surface area contributed by atoms with Crippen molar-refractivity contribution in [1.29, 1.82) is 0 Å². The van der Waals surface area contributed by atoms with Crippen molar-refractivity contribution in [2.45, 2.75) is 18.7 Å². The quantitative estimate of drug-likeness (QED) is 0.380. The number of sulfonamides is 1. The van der Waals surface area contributed by atoms with E-state index in [-0.39, 0.29) is 10.6 Å². The Balaban J connectivity index is 1.64. The second-order valence-electron chi connectivity index (χ2n) is 8.02. The van der Waals surface area contributed by atoms with E-state index in [0.29, 0.717) is 33.8 Å². The van der Waals surface area contributed by atoms with Crippen LogP contribution in [0.2, 0.25) is 0 Å². The Hall–Kier alpha value is -4.28. The maximum atomic E-state index is 13.1. The zero-order valence-corrected chi connectivity index (χ0v) is 19.8. The van der Waals surface area contributed by atoms with Crippen LogP contribution in [0.5, 0.6) is 0 Å². The number of benzene rings is 3. The molecule has 5 N–H and O–H groups in total. The van der Waals surface area contributed by atoms with Crippen molar-refractivity contribution in [2.75, 3.05) is 5.32 Å². The van der Waals surface area contributed by atoms with Gasteiger partial charge in [0.2, 0.25) is 15.9 Å². The van der Waals surface area contributed by atoms with Crippen LogP contribution in [0, 0.1) is 13.8 Å². The molecular formula is C25H23N5O4S. The molecule has 0 fully saturated rings. The van der Waals surface area contributed by atoms with Crippen LogP contribution in [-0.2, 0) is 10.0 Å². The highest BCUT2D eigenvalue weighted by Crippen LogP contribution is 2.28. The number of carbonyl (C=O) groups is 2. The van der Waals surface area contributed by atoms with Crippen LogP contribution in [0.25, 0.3) is 16.8 Å². The first-order valence-electron chi connectivity index (χ1n) is 10.6. The summed E-state index contributed by atoms with van der Waals surface area (Å²) in [5, 5.41) is 12.6. The zero-order valence-electron chi connectivity index (χ0n) is 19.0. The first kappa shape index (κ1) is 23.9. The van der Waals surface area contributed by atoms with Crippen LogP contribution in [0.4, 0.5) is 5.69 Å². The Labute approximate surface area is 202 Å². The van der Waals surface area contributed by atoms with E-state index in [0.717, 1.165) is 5.56 Å². The van der Waals surface area contributed by atoms with Crippen molar-refractivity contribution in [3.8, 4) is 16.8 Å². The minimum atomic E-state index is -3.90. The normalized spacial score (nSPS) is 11.3. The van der Waals surface area contributed by atoms with Gasteiger partial charge in [-0.2, -0.15) is 5.10 Å². The van der Waals surface area contributed by atoms with E-state index < -0.39 is 21.8 Å². The minimum absolute atomic E-state index is 0.0183. The van der Waals surface area contributed by atoms with Gasteiger partial charge in [0.25, 0.3) is 5.91 Å². The maximum absolute atomic E-state index is 13.1. The van der Waals surface area contributed by atoms with Crippen LogP contribution in [-0.4, -0.2) is 30.0 Å². The molecule has 1 heterocycles. The number of nitrogens with one attached hydrogen (secondary N) is 1. The van der Waals surface area contributed by atoms with Crippen LogP contribution >= 0.6 is 0 Å². The molecular weight excluding hydrogens is 466 g/mol. The first-order chi connectivity index (χ1) is 16.5. The van der Waals surface area contributed by atoms with Crippen molar-refractivity contribution >= 4 is 27.5 Å². The molecule has 35 heavy (non-hydrogen) atoms. The van der Waals surface area contributed by atoms with Gasteiger partial charge in [-0.05, 0) is 61.4 Å². The lowest BCUT2D eigenvalue weighted by Gasteiger charge is -2.12. The number of primary amides is 1. The first-order valence-corrected chi connectivity index (χ1v) is 12.1. The molecule has 0 spiro atoms. The molecule has 0 unspecified atom stereocenters. The molecule has 0 saturated heterocycles. The van der Waals surface area contributed by atoms with Crippen molar-refractivity contribution in [2.24, 2.45) is 10.9 Å². The van der Waals surface area contributed by atoms with Gasteiger partial charge in [0, 0.05) is 16.8 Å². The zero-order chi connectivity index (χ0) is 25.3. The second-order valence-corrected chi connectivity index (χ2v) is 9.55. The van der Waals surface area contributed by atoms with Crippen molar-refractivity contribution < 1.29 is 18.0 Å². The van der Waals surface area contributed by atoms with Gasteiger partial charge in [0.15, 0.2) is 0 Å². The molecule has 0 aliphatic carbocycles. The monoisotopic (exact) mass is 489 g/mol. The van der Waals surface area contributed by atoms with Gasteiger partial charge < -0.3 is 11.1 Å². The van der Waals surface area contributed by atoms with Gasteiger partial charge in [-0.1, -0.05) is 36.4 Å². The van der Waals surface area contributed by atoms with Gasteiger partial charge in [-0.25, -0.2) is 18.2 Å². The predicted molar refractivity (Wildman–Crippen MR) is 133 cm³/mol. The molecule has 9 nitrogen and oxygen atoms in total. The molecule has 178 valence electrons. The van der Waals surface area contributed by atoms with Crippen molar-refractivity contribution in [3.05, 3.63) is 95.3 Å². The van der Waals surface area contributed by atoms with E-state index in [1.807, 2.05) is 6.92 Å². The molecule has 4 rings (SSSR count).